The molecule has 0 saturated carbocycles. The van der Waals surface area contributed by atoms with Crippen LogP contribution in [0.15, 0.2) is 54.9 Å². The monoisotopic (exact) mass is 433 g/mol. The summed E-state index contributed by atoms with van der Waals surface area (Å²) in [5.74, 6) is 1.60. The predicted octanol–water partition coefficient (Wildman–Crippen LogP) is 3.90. The number of ether oxygens (including phenoxy) is 1. The molecule has 0 aliphatic carbocycles. The number of rotatable bonds is 4. The Morgan fingerprint density at radius 2 is 1.77 bits per heavy atom. The molecule has 5 rings (SSSR count). The molecule has 1 fully saturated rings. The van der Waals surface area contributed by atoms with Gasteiger partial charge in [0.1, 0.15) is 5.82 Å². The van der Waals surface area contributed by atoms with Crippen LogP contribution in [0.3, 0.4) is 0 Å². The van der Waals surface area contributed by atoms with Gasteiger partial charge in [-0.25, -0.2) is 19.9 Å². The molecule has 9 heteroatoms. The quantitative estimate of drug-likeness (QED) is 0.499. The van der Waals surface area contributed by atoms with E-state index in [-0.39, 0.29) is 5.95 Å². The van der Waals surface area contributed by atoms with Crippen LogP contribution >= 0.6 is 11.6 Å². The number of aromatic nitrogens is 4. The highest BCUT2D eigenvalue weighted by atomic mass is 35.5. The van der Waals surface area contributed by atoms with E-state index in [1.165, 1.54) is 0 Å². The number of nitrogens with one attached hydrogen (secondary N) is 1. The summed E-state index contributed by atoms with van der Waals surface area (Å²) in [4.78, 5) is 20.2. The van der Waals surface area contributed by atoms with Gasteiger partial charge < -0.3 is 20.7 Å². The Labute approximate surface area is 184 Å². The number of para-hydroxylation sites is 1. The van der Waals surface area contributed by atoms with E-state index >= 15 is 0 Å². The molecule has 0 bridgehead atoms. The Morgan fingerprint density at radius 3 is 2.55 bits per heavy atom. The van der Waals surface area contributed by atoms with Crippen molar-refractivity contribution in [3.63, 3.8) is 0 Å². The van der Waals surface area contributed by atoms with Gasteiger partial charge in [0, 0.05) is 41.6 Å². The minimum atomic E-state index is 0.209. The molecule has 4 aromatic rings. The molecule has 1 aliphatic rings. The van der Waals surface area contributed by atoms with E-state index < -0.39 is 0 Å². The topological polar surface area (TPSA) is 102 Å². The van der Waals surface area contributed by atoms with Crippen LogP contribution in [0.5, 0.6) is 0 Å². The number of nitrogens with two attached hydrogens (primary N) is 1. The molecule has 8 nitrogen and oxygen atoms in total. The molecule has 3 N–H and O–H groups in total. The van der Waals surface area contributed by atoms with Gasteiger partial charge in [-0.2, -0.15) is 0 Å². The summed E-state index contributed by atoms with van der Waals surface area (Å²) >= 11 is 6.17. The summed E-state index contributed by atoms with van der Waals surface area (Å²) in [5.41, 5.74) is 8.89. The maximum Gasteiger partial charge on any atom is 0.219 e. The van der Waals surface area contributed by atoms with Crippen LogP contribution in [0.25, 0.3) is 22.3 Å². The summed E-state index contributed by atoms with van der Waals surface area (Å²) in [5, 5.41) is 5.05. The van der Waals surface area contributed by atoms with Crippen molar-refractivity contribution in [3.05, 3.63) is 59.9 Å². The van der Waals surface area contributed by atoms with Crippen LogP contribution < -0.4 is 16.0 Å². The lowest BCUT2D eigenvalue weighted by Gasteiger charge is -2.29. The molecule has 2 aromatic carbocycles. The Bertz CT molecular complexity index is 1230. The van der Waals surface area contributed by atoms with Gasteiger partial charge in [-0.3, -0.25) is 0 Å². The van der Waals surface area contributed by atoms with Crippen molar-refractivity contribution in [2.45, 2.75) is 0 Å². The molecular formula is C22H20ClN7O. The van der Waals surface area contributed by atoms with E-state index in [0.29, 0.717) is 29.6 Å². The lowest BCUT2D eigenvalue weighted by atomic mass is 10.1. The van der Waals surface area contributed by atoms with E-state index in [1.54, 1.807) is 12.4 Å². The van der Waals surface area contributed by atoms with Crippen molar-refractivity contribution in [3.8, 4) is 11.4 Å². The molecule has 31 heavy (non-hydrogen) atoms. The minimum absolute atomic E-state index is 0.209. The number of fused-ring (bicyclic) bond motifs is 1. The molecule has 0 radical (unpaired) electrons. The van der Waals surface area contributed by atoms with Gasteiger partial charge in [0.2, 0.25) is 5.95 Å². The third kappa shape index (κ3) is 4.08. The van der Waals surface area contributed by atoms with Gasteiger partial charge in [-0.05, 0) is 30.3 Å². The van der Waals surface area contributed by atoms with E-state index in [4.69, 9.17) is 32.0 Å². The summed E-state index contributed by atoms with van der Waals surface area (Å²) in [7, 11) is 0. The fourth-order valence-corrected chi connectivity index (χ4v) is 3.75. The first-order chi connectivity index (χ1) is 15.2. The molecule has 0 amide bonds. The second kappa shape index (κ2) is 8.33. The zero-order valence-corrected chi connectivity index (χ0v) is 17.4. The fraction of sp³-hybridized carbons (Fsp3) is 0.182. The Balaban J connectivity index is 1.67. The number of anilines is 4. The average Bonchev–Trinajstić information content (AvgIpc) is 2.80. The highest BCUT2D eigenvalue weighted by molar-refractivity contribution is 6.30. The van der Waals surface area contributed by atoms with Gasteiger partial charge in [-0.1, -0.05) is 23.7 Å². The summed E-state index contributed by atoms with van der Waals surface area (Å²) in [6.07, 6.45) is 3.28. The standard InChI is InChI=1S/C22H20ClN7O/c23-15-3-1-4-16(11-15)27-18-6-2-5-17-19(18)28-20(14-12-25-22(24)26-13-14)29-21(17)30-7-9-31-10-8-30/h1-6,11-13,27H,7-10H2,(H2,24,25,26). The highest BCUT2D eigenvalue weighted by Crippen LogP contribution is 2.33. The predicted molar refractivity (Wildman–Crippen MR) is 123 cm³/mol. The molecule has 1 aliphatic heterocycles. The van der Waals surface area contributed by atoms with Crippen LogP contribution in [0.2, 0.25) is 5.02 Å². The zero-order valence-electron chi connectivity index (χ0n) is 16.6. The van der Waals surface area contributed by atoms with Crippen LogP contribution in [0.1, 0.15) is 0 Å². The first kappa shape index (κ1) is 19.5. The summed E-state index contributed by atoms with van der Waals surface area (Å²) in [6.45, 7) is 2.84. The Kier molecular flexibility index (Phi) is 5.23. The van der Waals surface area contributed by atoms with E-state index in [0.717, 1.165) is 41.2 Å². The SMILES string of the molecule is Nc1ncc(-c2nc(N3CCOCC3)c3cccc(Nc4cccc(Cl)c4)c3n2)cn1. The van der Waals surface area contributed by atoms with Crippen molar-refractivity contribution < 1.29 is 4.74 Å². The number of nitrogen functional groups attached to an aromatic ring is 1. The molecule has 1 saturated heterocycles. The average molecular weight is 434 g/mol. The van der Waals surface area contributed by atoms with Gasteiger partial charge in [0.15, 0.2) is 5.82 Å². The van der Waals surface area contributed by atoms with E-state index in [2.05, 4.69) is 20.2 Å². The molecule has 3 heterocycles. The van der Waals surface area contributed by atoms with Gasteiger partial charge in [0.05, 0.1) is 30.0 Å². The number of hydrogen-bond donors (Lipinski definition) is 2. The maximum absolute atomic E-state index is 6.17. The van der Waals surface area contributed by atoms with Crippen LogP contribution in [0.4, 0.5) is 23.1 Å². The second-order valence-corrected chi connectivity index (χ2v) is 7.57. The summed E-state index contributed by atoms with van der Waals surface area (Å²) < 4.78 is 5.53. The first-order valence-corrected chi connectivity index (χ1v) is 10.3. The van der Waals surface area contributed by atoms with Crippen molar-refractivity contribution in [1.82, 2.24) is 19.9 Å². The number of nitrogens with zero attached hydrogens (tertiary/aromatic N) is 5. The van der Waals surface area contributed by atoms with Crippen LogP contribution in [-0.4, -0.2) is 46.2 Å². The number of morpholine rings is 1. The molecule has 156 valence electrons. The van der Waals surface area contributed by atoms with E-state index in [1.807, 2.05) is 42.5 Å². The normalized spacial score (nSPS) is 14.0. The maximum atomic E-state index is 6.17. The molecule has 2 aromatic heterocycles. The Hall–Kier alpha value is -3.49. The largest absolute Gasteiger partial charge is 0.378 e. The van der Waals surface area contributed by atoms with Crippen molar-refractivity contribution >= 4 is 45.6 Å². The lowest BCUT2D eigenvalue weighted by molar-refractivity contribution is 0.122. The van der Waals surface area contributed by atoms with Crippen LogP contribution in [-0.2, 0) is 4.74 Å². The molecule has 0 atom stereocenters. The van der Waals surface area contributed by atoms with Gasteiger partial charge >= 0.3 is 0 Å². The minimum Gasteiger partial charge on any atom is -0.378 e. The lowest BCUT2D eigenvalue weighted by Crippen LogP contribution is -2.37. The molecule has 0 unspecified atom stereocenters. The number of hydrogen-bond acceptors (Lipinski definition) is 8. The highest BCUT2D eigenvalue weighted by Gasteiger charge is 2.19. The number of benzene rings is 2. The fourth-order valence-electron chi connectivity index (χ4n) is 3.56. The van der Waals surface area contributed by atoms with E-state index in [9.17, 15) is 0 Å². The molecule has 0 spiro atoms. The van der Waals surface area contributed by atoms with Crippen molar-refractivity contribution in [2.75, 3.05) is 42.3 Å². The third-order valence-electron chi connectivity index (χ3n) is 5.05. The van der Waals surface area contributed by atoms with Crippen molar-refractivity contribution in [2.24, 2.45) is 0 Å². The second-order valence-electron chi connectivity index (χ2n) is 7.14. The zero-order chi connectivity index (χ0) is 21.2. The first-order valence-electron chi connectivity index (χ1n) is 9.91. The smallest absolute Gasteiger partial charge is 0.219 e. The van der Waals surface area contributed by atoms with Gasteiger partial charge in [0.25, 0.3) is 0 Å². The van der Waals surface area contributed by atoms with Crippen molar-refractivity contribution in [1.29, 1.82) is 0 Å². The van der Waals surface area contributed by atoms with Gasteiger partial charge in [-0.15, -0.1) is 0 Å². The Morgan fingerprint density at radius 1 is 1.00 bits per heavy atom. The summed E-state index contributed by atoms with van der Waals surface area (Å²) in [6, 6.07) is 13.6. The van der Waals surface area contributed by atoms with Crippen LogP contribution in [0, 0.1) is 0 Å². The number of halogens is 1. The molecular weight excluding hydrogens is 414 g/mol. The third-order valence-corrected chi connectivity index (χ3v) is 5.29.